The number of likely N-dealkylation sites (N-methyl/N-ethyl adjacent to an activating group) is 2. The van der Waals surface area contributed by atoms with Crippen molar-refractivity contribution in [1.82, 2.24) is 23.7 Å². The van der Waals surface area contributed by atoms with Gasteiger partial charge in [0, 0.05) is 79.8 Å². The number of aromatic nitrogens is 2. The van der Waals surface area contributed by atoms with Crippen LogP contribution in [-0.2, 0) is 10.0 Å². The lowest BCUT2D eigenvalue weighted by atomic mass is 10.00. The van der Waals surface area contributed by atoms with Crippen LogP contribution in [-0.4, -0.2) is 111 Å². The lowest BCUT2D eigenvalue weighted by Crippen LogP contribution is -2.59. The zero-order valence-electron chi connectivity index (χ0n) is 29.3. The van der Waals surface area contributed by atoms with E-state index in [2.05, 4.69) is 19.5 Å². The normalized spacial score (nSPS) is 16.1. The van der Waals surface area contributed by atoms with Crippen LogP contribution in [0.15, 0.2) is 90.1 Å². The van der Waals surface area contributed by atoms with Gasteiger partial charge in [0.15, 0.2) is 11.4 Å². The summed E-state index contributed by atoms with van der Waals surface area (Å²) in [5.41, 5.74) is 3.94. The van der Waals surface area contributed by atoms with E-state index in [-0.39, 0.29) is 22.2 Å². The van der Waals surface area contributed by atoms with E-state index in [1.165, 1.54) is 30.6 Å². The minimum absolute atomic E-state index is 0.0763. The number of piperazine rings is 1. The van der Waals surface area contributed by atoms with Gasteiger partial charge in [0.05, 0.1) is 10.6 Å². The van der Waals surface area contributed by atoms with Crippen molar-refractivity contribution in [3.8, 4) is 28.0 Å². The number of halogens is 3. The average Bonchev–Trinajstić information content (AvgIpc) is 3.47. The molecule has 4 heterocycles. The quantitative estimate of drug-likeness (QED) is 0.194. The second-order valence-electron chi connectivity index (χ2n) is 13.7. The Hall–Kier alpha value is -4.92. The van der Waals surface area contributed by atoms with Crippen molar-refractivity contribution >= 4 is 32.7 Å². The standard InChI is InChI=1S/C38H39F3N6O4S/c1-25-5-12-31(13-6-25)52(49,50)47-24-33(26-7-9-27(10-8-26)37(48)46-22-30(23-46)43(2)3)32-19-29(21-42-36(32)47)28-11-14-34(35(20-28)51-38(39,40)41)45-17-15-44(4)16-18-45/h5-14,19-21,24,30H,15-18,22-23H2,1-4H3. The Kier molecular flexibility index (Phi) is 9.26. The molecule has 1 amide bonds. The lowest BCUT2D eigenvalue weighted by molar-refractivity contribution is -0.274. The summed E-state index contributed by atoms with van der Waals surface area (Å²) < 4.78 is 74.7. The maximum absolute atomic E-state index is 14.0. The molecule has 52 heavy (non-hydrogen) atoms. The van der Waals surface area contributed by atoms with Gasteiger partial charge in [0.25, 0.3) is 15.9 Å². The van der Waals surface area contributed by atoms with Gasteiger partial charge < -0.3 is 24.3 Å². The maximum atomic E-state index is 14.0. The third-order valence-electron chi connectivity index (χ3n) is 9.88. The number of hydrogen-bond donors (Lipinski definition) is 0. The molecule has 2 aliphatic rings. The first kappa shape index (κ1) is 35.5. The monoisotopic (exact) mass is 732 g/mol. The first-order valence-corrected chi connectivity index (χ1v) is 18.3. The minimum Gasteiger partial charge on any atom is -0.404 e. The van der Waals surface area contributed by atoms with Crippen molar-refractivity contribution in [3.05, 3.63) is 96.3 Å². The fourth-order valence-electron chi connectivity index (χ4n) is 6.61. The number of carbonyl (C=O) groups excluding carboxylic acids is 1. The summed E-state index contributed by atoms with van der Waals surface area (Å²) in [7, 11) is 1.83. The van der Waals surface area contributed by atoms with E-state index < -0.39 is 16.4 Å². The van der Waals surface area contributed by atoms with Crippen LogP contribution in [0.2, 0.25) is 0 Å². The van der Waals surface area contributed by atoms with Crippen LogP contribution < -0.4 is 9.64 Å². The Balaban J connectivity index is 1.31. The highest BCUT2D eigenvalue weighted by atomic mass is 32.2. The molecule has 0 N–H and O–H groups in total. The largest absolute Gasteiger partial charge is 0.573 e. The second kappa shape index (κ2) is 13.6. The van der Waals surface area contributed by atoms with Crippen molar-refractivity contribution in [3.63, 3.8) is 0 Å². The predicted molar refractivity (Wildman–Crippen MR) is 194 cm³/mol. The van der Waals surface area contributed by atoms with Gasteiger partial charge in [-0.15, -0.1) is 13.2 Å². The molecule has 14 heteroatoms. The van der Waals surface area contributed by atoms with Crippen LogP contribution in [0, 0.1) is 6.92 Å². The van der Waals surface area contributed by atoms with E-state index in [1.807, 2.05) is 33.0 Å². The highest BCUT2D eigenvalue weighted by Gasteiger charge is 2.34. The molecule has 0 saturated carbocycles. The highest BCUT2D eigenvalue weighted by Crippen LogP contribution is 2.39. The van der Waals surface area contributed by atoms with Crippen LogP contribution in [0.3, 0.4) is 0 Å². The molecule has 5 aromatic rings. The van der Waals surface area contributed by atoms with Gasteiger partial charge in [-0.3, -0.25) is 4.79 Å². The lowest BCUT2D eigenvalue weighted by Gasteiger charge is -2.42. The number of fused-ring (bicyclic) bond motifs is 1. The molecular weight excluding hydrogens is 694 g/mol. The van der Waals surface area contributed by atoms with E-state index in [4.69, 9.17) is 0 Å². The number of ether oxygens (including phenoxy) is 1. The van der Waals surface area contributed by atoms with Gasteiger partial charge in [0.2, 0.25) is 0 Å². The number of pyridine rings is 1. The van der Waals surface area contributed by atoms with Crippen molar-refractivity contribution in [2.24, 2.45) is 0 Å². The number of anilines is 1. The summed E-state index contributed by atoms with van der Waals surface area (Å²) in [6.07, 6.45) is -1.96. The molecule has 2 aromatic heterocycles. The molecular formula is C38H39F3N6O4S. The highest BCUT2D eigenvalue weighted by molar-refractivity contribution is 7.90. The fourth-order valence-corrected chi connectivity index (χ4v) is 7.93. The summed E-state index contributed by atoms with van der Waals surface area (Å²) >= 11 is 0. The molecule has 0 unspecified atom stereocenters. The molecule has 272 valence electrons. The first-order valence-electron chi connectivity index (χ1n) is 16.9. The van der Waals surface area contributed by atoms with E-state index >= 15 is 0 Å². The van der Waals surface area contributed by atoms with Gasteiger partial charge in [0.1, 0.15) is 0 Å². The molecule has 2 saturated heterocycles. The summed E-state index contributed by atoms with van der Waals surface area (Å²) in [5.74, 6) is -0.413. The number of likely N-dealkylation sites (tertiary alicyclic amines) is 1. The zero-order valence-corrected chi connectivity index (χ0v) is 30.1. The molecule has 2 aliphatic heterocycles. The average molecular weight is 733 g/mol. The molecule has 0 bridgehead atoms. The van der Waals surface area contributed by atoms with E-state index in [0.29, 0.717) is 84.2 Å². The molecule has 0 radical (unpaired) electrons. The van der Waals surface area contributed by atoms with E-state index in [0.717, 1.165) is 9.54 Å². The Bertz CT molecular complexity index is 2220. The van der Waals surface area contributed by atoms with Crippen LogP contribution in [0.1, 0.15) is 15.9 Å². The number of hydrogen-bond acceptors (Lipinski definition) is 8. The summed E-state index contributed by atoms with van der Waals surface area (Å²) in [6, 6.07) is 20.2. The summed E-state index contributed by atoms with van der Waals surface area (Å²) in [6.45, 7) is 5.62. The SMILES string of the molecule is Cc1ccc(S(=O)(=O)n2cc(-c3ccc(C(=O)N4CC(N(C)C)C4)cc3)c3cc(-c4ccc(N5CCN(C)CC5)c(OC(F)(F)F)c4)cnc32)cc1. The Morgan fingerprint density at radius 2 is 1.54 bits per heavy atom. The van der Waals surface area contributed by atoms with E-state index in [9.17, 15) is 26.4 Å². The molecule has 0 atom stereocenters. The van der Waals surface area contributed by atoms with Crippen LogP contribution in [0.25, 0.3) is 33.3 Å². The number of alkyl halides is 3. The van der Waals surface area contributed by atoms with Crippen LogP contribution >= 0.6 is 0 Å². The molecule has 3 aromatic carbocycles. The third kappa shape index (κ3) is 6.97. The number of benzene rings is 3. The topological polar surface area (TPSA) is 91.2 Å². The fraction of sp³-hybridized carbons (Fsp3) is 0.316. The van der Waals surface area contributed by atoms with Crippen molar-refractivity contribution in [2.75, 3.05) is 65.3 Å². The summed E-state index contributed by atoms with van der Waals surface area (Å²) in [4.78, 5) is 25.7. The van der Waals surface area contributed by atoms with Crippen molar-refractivity contribution < 1.29 is 31.1 Å². The van der Waals surface area contributed by atoms with Gasteiger partial charge in [-0.25, -0.2) is 17.4 Å². The van der Waals surface area contributed by atoms with Crippen molar-refractivity contribution in [2.45, 2.75) is 24.2 Å². The Labute approximate surface area is 300 Å². The Morgan fingerprint density at radius 3 is 2.17 bits per heavy atom. The van der Waals surface area contributed by atoms with Gasteiger partial charge in [-0.2, -0.15) is 0 Å². The number of nitrogens with zero attached hydrogens (tertiary/aromatic N) is 6. The molecule has 7 rings (SSSR count). The molecule has 0 spiro atoms. The second-order valence-corrected chi connectivity index (χ2v) is 15.5. The molecule has 0 aliphatic carbocycles. The van der Waals surface area contributed by atoms with Gasteiger partial charge in [-0.05, 0) is 81.7 Å². The Morgan fingerprint density at radius 1 is 0.885 bits per heavy atom. The van der Waals surface area contributed by atoms with Crippen LogP contribution in [0.4, 0.5) is 18.9 Å². The van der Waals surface area contributed by atoms with Crippen molar-refractivity contribution in [1.29, 1.82) is 0 Å². The number of amides is 1. The number of rotatable bonds is 8. The molecule has 10 nitrogen and oxygen atoms in total. The summed E-state index contributed by atoms with van der Waals surface area (Å²) in [5, 5.41) is 0.463. The smallest absolute Gasteiger partial charge is 0.404 e. The minimum atomic E-state index is -4.91. The van der Waals surface area contributed by atoms with Crippen LogP contribution in [0.5, 0.6) is 5.75 Å². The third-order valence-corrected chi connectivity index (χ3v) is 11.5. The maximum Gasteiger partial charge on any atom is 0.573 e. The number of carbonyl (C=O) groups is 1. The van der Waals surface area contributed by atoms with Gasteiger partial charge in [-0.1, -0.05) is 35.9 Å². The number of aryl methyl sites for hydroxylation is 1. The molecule has 2 fully saturated rings. The predicted octanol–water partition coefficient (Wildman–Crippen LogP) is 5.95. The first-order chi connectivity index (χ1) is 24.7. The van der Waals surface area contributed by atoms with Gasteiger partial charge >= 0.3 is 6.36 Å². The van der Waals surface area contributed by atoms with E-state index in [1.54, 1.807) is 59.5 Å². The zero-order chi connectivity index (χ0) is 36.9.